The summed E-state index contributed by atoms with van der Waals surface area (Å²) in [6, 6.07) is 0. The molecule has 0 aliphatic rings. The lowest BCUT2D eigenvalue weighted by atomic mass is 10.0. The molecular formula is C60H121ClO2. The highest BCUT2D eigenvalue weighted by Gasteiger charge is 2.00. The fraction of sp³-hybridized carbons (Fsp3) is 0.983. The molecule has 380 valence electrons. The molecule has 0 rings (SSSR count). The standard InChI is InChI=1S/C60H120O2.ClH/c1-2-3-4-5-6-7-8-9-10-11-12-13-14-15-16-17-18-19-20-21-22-23-24-25-26-27-28-29-30-31-32-33-34-35-36-37-38-39-40-41-42-43-44-45-46-47-48-49-50-51-52-53-54-55-56-57-58-59-60(61)62;/h2-59H2,1H3,(H,61,62);1H. The zero-order valence-corrected chi connectivity index (χ0v) is 44.6. The minimum absolute atomic E-state index is 0. The molecule has 1 N–H and O–H groups in total. The van der Waals surface area contributed by atoms with E-state index in [2.05, 4.69) is 6.92 Å². The molecule has 0 unspecified atom stereocenters. The van der Waals surface area contributed by atoms with Gasteiger partial charge in [0.2, 0.25) is 0 Å². The molecular weight excluding hydrogens is 788 g/mol. The number of halogens is 1. The van der Waals surface area contributed by atoms with Gasteiger partial charge in [-0.25, -0.2) is 0 Å². The first-order valence-corrected chi connectivity index (χ1v) is 30.0. The van der Waals surface area contributed by atoms with E-state index in [1.54, 1.807) is 0 Å². The van der Waals surface area contributed by atoms with E-state index in [4.69, 9.17) is 5.11 Å². The topological polar surface area (TPSA) is 37.3 Å². The number of rotatable bonds is 58. The van der Waals surface area contributed by atoms with E-state index in [0.717, 1.165) is 12.8 Å². The van der Waals surface area contributed by atoms with Crippen molar-refractivity contribution in [3.63, 3.8) is 0 Å². The molecule has 0 heterocycles. The Bertz CT molecular complexity index is 784. The van der Waals surface area contributed by atoms with Crippen molar-refractivity contribution >= 4 is 18.4 Å². The van der Waals surface area contributed by atoms with Gasteiger partial charge in [-0.05, 0) is 6.42 Å². The zero-order valence-electron chi connectivity index (χ0n) is 43.8. The third-order valence-electron chi connectivity index (χ3n) is 14.5. The number of aliphatic carboxylic acids is 1. The van der Waals surface area contributed by atoms with Crippen molar-refractivity contribution in [1.29, 1.82) is 0 Å². The highest BCUT2D eigenvalue weighted by Crippen LogP contribution is 2.19. The summed E-state index contributed by atoms with van der Waals surface area (Å²) in [6.07, 6.45) is 82.8. The number of hydrogen-bond acceptors (Lipinski definition) is 1. The summed E-state index contributed by atoms with van der Waals surface area (Å²) < 4.78 is 0. The van der Waals surface area contributed by atoms with Crippen LogP contribution in [0.25, 0.3) is 0 Å². The lowest BCUT2D eigenvalue weighted by Gasteiger charge is -2.05. The highest BCUT2D eigenvalue weighted by molar-refractivity contribution is 5.85. The molecule has 0 saturated carbocycles. The van der Waals surface area contributed by atoms with E-state index in [1.807, 2.05) is 0 Å². The monoisotopic (exact) mass is 909 g/mol. The van der Waals surface area contributed by atoms with E-state index in [1.165, 1.54) is 353 Å². The van der Waals surface area contributed by atoms with Crippen LogP contribution in [0.3, 0.4) is 0 Å². The van der Waals surface area contributed by atoms with Crippen LogP contribution in [-0.2, 0) is 4.79 Å². The Morgan fingerprint density at radius 1 is 0.206 bits per heavy atom. The van der Waals surface area contributed by atoms with Gasteiger partial charge in [0.25, 0.3) is 0 Å². The molecule has 0 aliphatic heterocycles. The molecule has 0 saturated heterocycles. The van der Waals surface area contributed by atoms with E-state index >= 15 is 0 Å². The predicted molar refractivity (Wildman–Crippen MR) is 288 cm³/mol. The second-order valence-corrected chi connectivity index (χ2v) is 20.9. The maximum Gasteiger partial charge on any atom is 0.303 e. The lowest BCUT2D eigenvalue weighted by molar-refractivity contribution is -0.137. The molecule has 0 amide bonds. The number of carboxylic acid groups (broad SMARTS) is 1. The fourth-order valence-corrected chi connectivity index (χ4v) is 10.1. The molecule has 0 spiro atoms. The van der Waals surface area contributed by atoms with E-state index in [-0.39, 0.29) is 12.4 Å². The number of hydrogen-bond donors (Lipinski definition) is 1. The molecule has 0 atom stereocenters. The van der Waals surface area contributed by atoms with Gasteiger partial charge < -0.3 is 5.11 Å². The Hall–Kier alpha value is -0.240. The highest BCUT2D eigenvalue weighted by atomic mass is 35.5. The van der Waals surface area contributed by atoms with Gasteiger partial charge in [-0.15, -0.1) is 12.4 Å². The molecule has 0 radical (unpaired) electrons. The largest absolute Gasteiger partial charge is 0.481 e. The van der Waals surface area contributed by atoms with Crippen molar-refractivity contribution in [3.05, 3.63) is 0 Å². The first-order chi connectivity index (χ1) is 30.8. The third kappa shape index (κ3) is 63.9. The molecule has 0 bridgehead atoms. The Morgan fingerprint density at radius 2 is 0.302 bits per heavy atom. The van der Waals surface area contributed by atoms with Crippen molar-refractivity contribution in [2.45, 2.75) is 379 Å². The average molecular weight is 910 g/mol. The van der Waals surface area contributed by atoms with E-state index < -0.39 is 5.97 Å². The normalized spacial score (nSPS) is 11.4. The Balaban J connectivity index is 0. The van der Waals surface area contributed by atoms with Crippen LogP contribution in [0.5, 0.6) is 0 Å². The molecule has 0 aromatic carbocycles. The SMILES string of the molecule is CCCCCCCCCCCCCCCCCCCCCCCCCCCCCCCCCCCCCCCCCCCCCCCCCCCCCCCCCCCC(=O)O.Cl. The predicted octanol–water partition coefficient (Wildman–Crippen LogP) is 23.1. The third-order valence-corrected chi connectivity index (χ3v) is 14.5. The Labute approximate surface area is 405 Å². The van der Waals surface area contributed by atoms with Gasteiger partial charge in [0.05, 0.1) is 0 Å². The number of unbranched alkanes of at least 4 members (excludes halogenated alkanes) is 56. The van der Waals surface area contributed by atoms with Gasteiger partial charge in [-0.3, -0.25) is 4.79 Å². The number of carbonyl (C=O) groups is 1. The molecule has 0 fully saturated rings. The second-order valence-electron chi connectivity index (χ2n) is 20.9. The molecule has 0 aliphatic carbocycles. The molecule has 63 heavy (non-hydrogen) atoms. The van der Waals surface area contributed by atoms with Gasteiger partial charge in [0.15, 0.2) is 0 Å². The number of carboxylic acids is 1. The van der Waals surface area contributed by atoms with Crippen LogP contribution < -0.4 is 0 Å². The van der Waals surface area contributed by atoms with Crippen LogP contribution >= 0.6 is 12.4 Å². The minimum Gasteiger partial charge on any atom is -0.481 e. The quantitative estimate of drug-likeness (QED) is 0.0618. The first-order valence-electron chi connectivity index (χ1n) is 30.0. The van der Waals surface area contributed by atoms with Crippen LogP contribution in [0.15, 0.2) is 0 Å². The van der Waals surface area contributed by atoms with Crippen molar-refractivity contribution < 1.29 is 9.90 Å². The summed E-state index contributed by atoms with van der Waals surface area (Å²) in [5, 5.41) is 8.68. The maximum absolute atomic E-state index is 10.5. The summed E-state index contributed by atoms with van der Waals surface area (Å²) >= 11 is 0. The molecule has 3 heteroatoms. The first kappa shape index (κ1) is 64.8. The van der Waals surface area contributed by atoms with Crippen LogP contribution in [-0.4, -0.2) is 11.1 Å². The van der Waals surface area contributed by atoms with Gasteiger partial charge in [-0.2, -0.15) is 0 Å². The molecule has 0 aromatic rings. The lowest BCUT2D eigenvalue weighted by Crippen LogP contribution is -1.93. The second kappa shape index (κ2) is 61.8. The van der Waals surface area contributed by atoms with Crippen molar-refractivity contribution in [2.75, 3.05) is 0 Å². The smallest absolute Gasteiger partial charge is 0.303 e. The molecule has 2 nitrogen and oxygen atoms in total. The Morgan fingerprint density at radius 3 is 0.397 bits per heavy atom. The summed E-state index contributed by atoms with van der Waals surface area (Å²) in [5.74, 6) is -0.645. The summed E-state index contributed by atoms with van der Waals surface area (Å²) in [6.45, 7) is 2.31. The van der Waals surface area contributed by atoms with E-state index in [0.29, 0.717) is 6.42 Å². The summed E-state index contributed by atoms with van der Waals surface area (Å²) in [7, 11) is 0. The summed E-state index contributed by atoms with van der Waals surface area (Å²) in [5.41, 5.74) is 0. The van der Waals surface area contributed by atoms with Gasteiger partial charge in [-0.1, -0.05) is 366 Å². The maximum atomic E-state index is 10.5. The van der Waals surface area contributed by atoms with Crippen molar-refractivity contribution in [1.82, 2.24) is 0 Å². The van der Waals surface area contributed by atoms with Crippen LogP contribution in [0.2, 0.25) is 0 Å². The minimum atomic E-state index is -0.645. The Kier molecular flexibility index (Phi) is 63.6. The average Bonchev–Trinajstić information content (AvgIpc) is 3.27. The summed E-state index contributed by atoms with van der Waals surface area (Å²) in [4.78, 5) is 10.5. The van der Waals surface area contributed by atoms with Gasteiger partial charge >= 0.3 is 5.97 Å². The molecule has 0 aromatic heterocycles. The zero-order chi connectivity index (χ0) is 44.6. The fourth-order valence-electron chi connectivity index (χ4n) is 10.1. The van der Waals surface area contributed by atoms with Crippen LogP contribution in [0, 0.1) is 0 Å². The van der Waals surface area contributed by atoms with E-state index in [9.17, 15) is 4.79 Å². The van der Waals surface area contributed by atoms with Crippen LogP contribution in [0.1, 0.15) is 379 Å². The van der Waals surface area contributed by atoms with Gasteiger partial charge in [0.1, 0.15) is 0 Å². The van der Waals surface area contributed by atoms with Crippen molar-refractivity contribution in [3.8, 4) is 0 Å². The van der Waals surface area contributed by atoms with Gasteiger partial charge in [0, 0.05) is 6.42 Å². The van der Waals surface area contributed by atoms with Crippen molar-refractivity contribution in [2.24, 2.45) is 0 Å². The van der Waals surface area contributed by atoms with Crippen LogP contribution in [0.4, 0.5) is 0 Å².